The van der Waals surface area contributed by atoms with Crippen LogP contribution in [-0.4, -0.2) is 60.9 Å². The second-order valence-electron chi connectivity index (χ2n) is 6.05. The van der Waals surface area contributed by atoms with Gasteiger partial charge in [-0.2, -0.15) is 0 Å². The van der Waals surface area contributed by atoms with Gasteiger partial charge in [-0.25, -0.2) is 0 Å². The van der Waals surface area contributed by atoms with E-state index in [0.717, 1.165) is 52.1 Å². The van der Waals surface area contributed by atoms with Crippen LogP contribution in [0.25, 0.3) is 0 Å². The first kappa shape index (κ1) is 18.9. The van der Waals surface area contributed by atoms with Gasteiger partial charge in [-0.05, 0) is 52.1 Å². The predicted molar refractivity (Wildman–Crippen MR) is 89.6 cm³/mol. The summed E-state index contributed by atoms with van der Waals surface area (Å²) in [6.45, 7) is 11.4. The van der Waals surface area contributed by atoms with E-state index in [0.29, 0.717) is 25.2 Å². The Morgan fingerprint density at radius 1 is 1.09 bits per heavy atom. The highest BCUT2D eigenvalue weighted by molar-refractivity contribution is 5.79. The molecule has 1 fully saturated rings. The molecule has 5 nitrogen and oxygen atoms in total. The molecule has 128 valence electrons. The summed E-state index contributed by atoms with van der Waals surface area (Å²) in [4.78, 5) is 27.9. The SMILES string of the molecule is CCNCC1CCN(C(=O)CCCC(=O)N(CC)CC)CC1. The Kier molecular flexibility index (Phi) is 9.13. The number of hydrogen-bond donors (Lipinski definition) is 1. The fourth-order valence-corrected chi connectivity index (χ4v) is 3.02. The molecule has 1 aliphatic rings. The van der Waals surface area contributed by atoms with Gasteiger partial charge in [0.2, 0.25) is 11.8 Å². The van der Waals surface area contributed by atoms with Crippen LogP contribution in [0.1, 0.15) is 52.9 Å². The number of carbonyl (C=O) groups excluding carboxylic acids is 2. The fourth-order valence-electron chi connectivity index (χ4n) is 3.02. The van der Waals surface area contributed by atoms with Crippen molar-refractivity contribution in [2.75, 3.05) is 39.3 Å². The first-order valence-electron chi connectivity index (χ1n) is 8.88. The fraction of sp³-hybridized carbons (Fsp3) is 0.882. The lowest BCUT2D eigenvalue weighted by molar-refractivity contribution is -0.133. The Morgan fingerprint density at radius 2 is 1.73 bits per heavy atom. The number of piperidine rings is 1. The number of hydrogen-bond acceptors (Lipinski definition) is 3. The van der Waals surface area contributed by atoms with Crippen molar-refractivity contribution in [1.82, 2.24) is 15.1 Å². The zero-order chi connectivity index (χ0) is 16.4. The Balaban J connectivity index is 2.20. The molecule has 0 bridgehead atoms. The number of likely N-dealkylation sites (tertiary alicyclic amines) is 1. The van der Waals surface area contributed by atoms with Gasteiger partial charge in [0.15, 0.2) is 0 Å². The van der Waals surface area contributed by atoms with Gasteiger partial charge < -0.3 is 15.1 Å². The molecule has 0 unspecified atom stereocenters. The molecule has 1 saturated heterocycles. The van der Waals surface area contributed by atoms with E-state index in [1.807, 2.05) is 23.6 Å². The van der Waals surface area contributed by atoms with Crippen molar-refractivity contribution in [3.8, 4) is 0 Å². The van der Waals surface area contributed by atoms with Crippen LogP contribution in [0.15, 0.2) is 0 Å². The number of rotatable bonds is 9. The smallest absolute Gasteiger partial charge is 0.222 e. The van der Waals surface area contributed by atoms with E-state index in [2.05, 4.69) is 12.2 Å². The zero-order valence-corrected chi connectivity index (χ0v) is 14.6. The lowest BCUT2D eigenvalue weighted by Crippen LogP contribution is -2.40. The Hall–Kier alpha value is -1.10. The van der Waals surface area contributed by atoms with E-state index in [4.69, 9.17) is 0 Å². The molecule has 0 aromatic carbocycles. The van der Waals surface area contributed by atoms with E-state index in [9.17, 15) is 9.59 Å². The van der Waals surface area contributed by atoms with E-state index < -0.39 is 0 Å². The van der Waals surface area contributed by atoms with Crippen LogP contribution in [0, 0.1) is 5.92 Å². The number of nitrogens with one attached hydrogen (secondary N) is 1. The van der Waals surface area contributed by atoms with Crippen molar-refractivity contribution in [2.24, 2.45) is 5.92 Å². The van der Waals surface area contributed by atoms with Gasteiger partial charge in [-0.15, -0.1) is 0 Å². The van der Waals surface area contributed by atoms with E-state index in [-0.39, 0.29) is 11.8 Å². The molecule has 0 aromatic heterocycles. The topological polar surface area (TPSA) is 52.7 Å². The molecule has 0 atom stereocenters. The number of nitrogens with zero attached hydrogens (tertiary/aromatic N) is 2. The highest BCUT2D eigenvalue weighted by Crippen LogP contribution is 2.17. The van der Waals surface area contributed by atoms with Crippen LogP contribution in [0.2, 0.25) is 0 Å². The van der Waals surface area contributed by atoms with Gasteiger partial charge in [0.25, 0.3) is 0 Å². The minimum absolute atomic E-state index is 0.169. The monoisotopic (exact) mass is 311 g/mol. The summed E-state index contributed by atoms with van der Waals surface area (Å²) in [5, 5.41) is 3.38. The van der Waals surface area contributed by atoms with Crippen LogP contribution in [0.4, 0.5) is 0 Å². The van der Waals surface area contributed by atoms with Gasteiger partial charge in [0, 0.05) is 39.0 Å². The Labute approximate surface area is 135 Å². The molecule has 2 amide bonds. The molecule has 1 rings (SSSR count). The summed E-state index contributed by atoms with van der Waals surface area (Å²) in [6.07, 6.45) is 3.86. The maximum atomic E-state index is 12.2. The van der Waals surface area contributed by atoms with Gasteiger partial charge >= 0.3 is 0 Å². The summed E-state index contributed by atoms with van der Waals surface area (Å²) in [7, 11) is 0. The Bertz CT molecular complexity index is 335. The quantitative estimate of drug-likeness (QED) is 0.707. The number of amides is 2. The Morgan fingerprint density at radius 3 is 2.27 bits per heavy atom. The molecule has 1 aliphatic heterocycles. The first-order valence-corrected chi connectivity index (χ1v) is 8.88. The summed E-state index contributed by atoms with van der Waals surface area (Å²) >= 11 is 0. The largest absolute Gasteiger partial charge is 0.343 e. The van der Waals surface area contributed by atoms with Crippen molar-refractivity contribution in [2.45, 2.75) is 52.9 Å². The third-order valence-corrected chi connectivity index (χ3v) is 4.55. The predicted octanol–water partition coefficient (Wildman–Crippen LogP) is 1.87. The van der Waals surface area contributed by atoms with Crippen molar-refractivity contribution in [3.05, 3.63) is 0 Å². The highest BCUT2D eigenvalue weighted by atomic mass is 16.2. The van der Waals surface area contributed by atoms with Crippen LogP contribution >= 0.6 is 0 Å². The molecule has 22 heavy (non-hydrogen) atoms. The second-order valence-corrected chi connectivity index (χ2v) is 6.05. The molecule has 0 aliphatic carbocycles. The molecule has 1 heterocycles. The minimum atomic E-state index is 0.169. The zero-order valence-electron chi connectivity index (χ0n) is 14.6. The summed E-state index contributed by atoms with van der Waals surface area (Å²) in [5.41, 5.74) is 0. The molecular weight excluding hydrogens is 278 g/mol. The number of carbonyl (C=O) groups is 2. The van der Waals surface area contributed by atoms with Crippen LogP contribution in [0.5, 0.6) is 0 Å². The average molecular weight is 311 g/mol. The maximum absolute atomic E-state index is 12.2. The normalized spacial score (nSPS) is 15.9. The van der Waals surface area contributed by atoms with E-state index in [1.165, 1.54) is 0 Å². The van der Waals surface area contributed by atoms with Crippen molar-refractivity contribution < 1.29 is 9.59 Å². The molecular formula is C17H33N3O2. The summed E-state index contributed by atoms with van der Waals surface area (Å²) in [6, 6.07) is 0. The molecule has 0 radical (unpaired) electrons. The van der Waals surface area contributed by atoms with Crippen molar-refractivity contribution >= 4 is 11.8 Å². The average Bonchev–Trinajstić information content (AvgIpc) is 2.54. The van der Waals surface area contributed by atoms with Crippen LogP contribution in [-0.2, 0) is 9.59 Å². The van der Waals surface area contributed by atoms with Gasteiger partial charge in [-0.3, -0.25) is 9.59 Å². The van der Waals surface area contributed by atoms with Crippen molar-refractivity contribution in [3.63, 3.8) is 0 Å². The summed E-state index contributed by atoms with van der Waals surface area (Å²) < 4.78 is 0. The standard InChI is InChI=1S/C17H33N3O2/c1-4-18-14-15-10-12-20(13-11-15)17(22)9-7-8-16(21)19(5-2)6-3/h15,18H,4-14H2,1-3H3. The van der Waals surface area contributed by atoms with Crippen LogP contribution in [0.3, 0.4) is 0 Å². The third-order valence-electron chi connectivity index (χ3n) is 4.55. The highest BCUT2D eigenvalue weighted by Gasteiger charge is 2.22. The third kappa shape index (κ3) is 6.34. The van der Waals surface area contributed by atoms with E-state index in [1.54, 1.807) is 0 Å². The second kappa shape index (κ2) is 10.6. The van der Waals surface area contributed by atoms with E-state index >= 15 is 0 Å². The first-order chi connectivity index (χ1) is 10.6. The molecule has 1 N–H and O–H groups in total. The van der Waals surface area contributed by atoms with Gasteiger partial charge in [-0.1, -0.05) is 6.92 Å². The van der Waals surface area contributed by atoms with Crippen LogP contribution < -0.4 is 5.32 Å². The summed E-state index contributed by atoms with van der Waals surface area (Å²) in [5.74, 6) is 1.09. The lowest BCUT2D eigenvalue weighted by Gasteiger charge is -2.32. The molecule has 0 spiro atoms. The van der Waals surface area contributed by atoms with Crippen molar-refractivity contribution in [1.29, 1.82) is 0 Å². The molecule has 0 saturated carbocycles. The molecule has 0 aromatic rings. The van der Waals surface area contributed by atoms with Gasteiger partial charge in [0.1, 0.15) is 0 Å². The maximum Gasteiger partial charge on any atom is 0.222 e. The minimum Gasteiger partial charge on any atom is -0.343 e. The lowest BCUT2D eigenvalue weighted by atomic mass is 9.96. The van der Waals surface area contributed by atoms with Gasteiger partial charge in [0.05, 0.1) is 0 Å². The molecule has 5 heteroatoms.